The number of carboxylic acids is 1. The van der Waals surface area contributed by atoms with Crippen LogP contribution in [0.2, 0.25) is 0 Å². The molecule has 1 saturated heterocycles. The molecule has 2 heterocycles. The van der Waals surface area contributed by atoms with Gasteiger partial charge in [-0.2, -0.15) is 0 Å². The minimum absolute atomic E-state index is 0.0780. The predicted molar refractivity (Wildman–Crippen MR) is 79.6 cm³/mol. The van der Waals surface area contributed by atoms with E-state index in [0.717, 1.165) is 8.66 Å². The monoisotopic (exact) mass is 359 g/mol. The Morgan fingerprint density at radius 1 is 1.55 bits per heavy atom. The van der Waals surface area contributed by atoms with E-state index in [4.69, 9.17) is 9.84 Å². The lowest BCUT2D eigenvalue weighted by Gasteiger charge is -2.31. The number of carboxylic acid groups (broad SMARTS) is 1. The molecule has 5 nitrogen and oxygen atoms in total. The number of hydrogen-bond acceptors (Lipinski definition) is 4. The van der Waals surface area contributed by atoms with E-state index in [2.05, 4.69) is 15.9 Å². The Labute approximate surface area is 129 Å². The van der Waals surface area contributed by atoms with Crippen LogP contribution < -0.4 is 0 Å². The van der Waals surface area contributed by atoms with E-state index in [1.807, 2.05) is 12.1 Å². The SMILES string of the molecule is O=C(O)C[C@@H]1CN(C(=O)/C=C/c2ccc(Br)s2)CCO1. The molecule has 0 saturated carbocycles. The molecule has 1 aromatic heterocycles. The zero-order valence-corrected chi connectivity index (χ0v) is 13.0. The lowest BCUT2D eigenvalue weighted by Crippen LogP contribution is -2.45. The highest BCUT2D eigenvalue weighted by Crippen LogP contribution is 2.23. The van der Waals surface area contributed by atoms with Crippen molar-refractivity contribution in [2.24, 2.45) is 0 Å². The summed E-state index contributed by atoms with van der Waals surface area (Å²) in [5.41, 5.74) is 0. The Morgan fingerprint density at radius 3 is 3.00 bits per heavy atom. The van der Waals surface area contributed by atoms with Crippen LogP contribution in [-0.2, 0) is 14.3 Å². The van der Waals surface area contributed by atoms with E-state index in [9.17, 15) is 9.59 Å². The van der Waals surface area contributed by atoms with E-state index in [-0.39, 0.29) is 12.3 Å². The Morgan fingerprint density at radius 2 is 2.35 bits per heavy atom. The molecule has 1 atom stereocenters. The van der Waals surface area contributed by atoms with Gasteiger partial charge in [-0.15, -0.1) is 11.3 Å². The van der Waals surface area contributed by atoms with Gasteiger partial charge in [0.05, 0.1) is 22.9 Å². The van der Waals surface area contributed by atoms with Gasteiger partial charge >= 0.3 is 5.97 Å². The lowest BCUT2D eigenvalue weighted by atomic mass is 10.2. The van der Waals surface area contributed by atoms with Crippen LogP contribution in [0.15, 0.2) is 22.0 Å². The quantitative estimate of drug-likeness (QED) is 0.837. The highest BCUT2D eigenvalue weighted by atomic mass is 79.9. The fraction of sp³-hybridized carbons (Fsp3) is 0.385. The molecule has 0 unspecified atom stereocenters. The summed E-state index contributed by atoms with van der Waals surface area (Å²) >= 11 is 4.91. The molecule has 1 fully saturated rings. The van der Waals surface area contributed by atoms with E-state index in [0.29, 0.717) is 19.7 Å². The van der Waals surface area contributed by atoms with Gasteiger partial charge in [0.15, 0.2) is 0 Å². The number of aliphatic carboxylic acids is 1. The van der Waals surface area contributed by atoms with Crippen LogP contribution in [0.1, 0.15) is 11.3 Å². The highest BCUT2D eigenvalue weighted by molar-refractivity contribution is 9.11. The van der Waals surface area contributed by atoms with Gasteiger partial charge in [0, 0.05) is 24.0 Å². The minimum atomic E-state index is -0.914. The van der Waals surface area contributed by atoms with Crippen LogP contribution in [-0.4, -0.2) is 47.7 Å². The molecule has 7 heteroatoms. The number of rotatable bonds is 4. The van der Waals surface area contributed by atoms with E-state index < -0.39 is 12.1 Å². The van der Waals surface area contributed by atoms with E-state index >= 15 is 0 Å². The molecule has 2 rings (SSSR count). The van der Waals surface area contributed by atoms with Crippen molar-refractivity contribution >= 4 is 45.2 Å². The first-order chi connectivity index (χ1) is 9.54. The molecule has 0 aliphatic carbocycles. The number of morpholine rings is 1. The zero-order chi connectivity index (χ0) is 14.5. The number of hydrogen-bond donors (Lipinski definition) is 1. The van der Waals surface area contributed by atoms with Gasteiger partial charge in [0.1, 0.15) is 0 Å². The third kappa shape index (κ3) is 4.43. The first kappa shape index (κ1) is 15.2. The van der Waals surface area contributed by atoms with Crippen LogP contribution >= 0.6 is 27.3 Å². The molecule has 20 heavy (non-hydrogen) atoms. The number of nitrogens with zero attached hydrogens (tertiary/aromatic N) is 1. The molecule has 1 aromatic rings. The van der Waals surface area contributed by atoms with Gasteiger partial charge in [0.25, 0.3) is 0 Å². The molecule has 1 aliphatic heterocycles. The number of thiophene rings is 1. The second-order valence-electron chi connectivity index (χ2n) is 4.35. The first-order valence-corrected chi connectivity index (χ1v) is 7.71. The van der Waals surface area contributed by atoms with Gasteiger partial charge in [0.2, 0.25) is 5.91 Å². The maximum Gasteiger partial charge on any atom is 0.306 e. The van der Waals surface area contributed by atoms with E-state index in [1.165, 1.54) is 6.08 Å². The largest absolute Gasteiger partial charge is 0.481 e. The number of amides is 1. The fourth-order valence-corrected chi connectivity index (χ4v) is 3.24. The molecule has 0 radical (unpaired) electrons. The van der Waals surface area contributed by atoms with Crippen LogP contribution in [0.3, 0.4) is 0 Å². The van der Waals surface area contributed by atoms with Crippen LogP contribution in [0, 0.1) is 0 Å². The number of carbonyl (C=O) groups excluding carboxylic acids is 1. The normalized spacial score (nSPS) is 19.4. The van der Waals surface area contributed by atoms with Crippen molar-refractivity contribution in [1.29, 1.82) is 0 Å². The maximum absolute atomic E-state index is 12.0. The average molecular weight is 360 g/mol. The maximum atomic E-state index is 12.0. The van der Waals surface area contributed by atoms with Crippen molar-refractivity contribution in [2.45, 2.75) is 12.5 Å². The summed E-state index contributed by atoms with van der Waals surface area (Å²) in [5, 5.41) is 8.74. The molecule has 1 aliphatic rings. The van der Waals surface area contributed by atoms with E-state index in [1.54, 1.807) is 22.3 Å². The van der Waals surface area contributed by atoms with Gasteiger partial charge in [-0.25, -0.2) is 0 Å². The third-order valence-corrected chi connectivity index (χ3v) is 4.43. The summed E-state index contributed by atoms with van der Waals surface area (Å²) in [7, 11) is 0. The number of halogens is 1. The van der Waals surface area contributed by atoms with Gasteiger partial charge in [-0.3, -0.25) is 9.59 Å². The second-order valence-corrected chi connectivity index (χ2v) is 6.84. The number of ether oxygens (including phenoxy) is 1. The molecular formula is C13H14BrNO4S. The van der Waals surface area contributed by atoms with Gasteiger partial charge < -0.3 is 14.7 Å². The smallest absolute Gasteiger partial charge is 0.306 e. The molecular weight excluding hydrogens is 346 g/mol. The third-order valence-electron chi connectivity index (χ3n) is 2.84. The Hall–Kier alpha value is -1.18. The first-order valence-electron chi connectivity index (χ1n) is 6.10. The van der Waals surface area contributed by atoms with Gasteiger partial charge in [-0.05, 0) is 34.1 Å². The molecule has 0 spiro atoms. The van der Waals surface area contributed by atoms with Crippen molar-refractivity contribution in [3.8, 4) is 0 Å². The Balaban J connectivity index is 1.91. The van der Waals surface area contributed by atoms with Crippen molar-refractivity contribution in [1.82, 2.24) is 4.90 Å². The second kappa shape index (κ2) is 7.01. The van der Waals surface area contributed by atoms with Crippen molar-refractivity contribution in [3.05, 3.63) is 26.9 Å². The molecule has 0 aromatic carbocycles. The molecule has 108 valence electrons. The Kier molecular flexibility index (Phi) is 5.33. The molecule has 1 N–H and O–H groups in total. The summed E-state index contributed by atoms with van der Waals surface area (Å²) in [6.07, 6.45) is 2.78. The Bertz CT molecular complexity index is 528. The van der Waals surface area contributed by atoms with Gasteiger partial charge in [-0.1, -0.05) is 0 Å². The van der Waals surface area contributed by atoms with Crippen LogP contribution in [0.4, 0.5) is 0 Å². The van der Waals surface area contributed by atoms with Crippen molar-refractivity contribution < 1.29 is 19.4 Å². The minimum Gasteiger partial charge on any atom is -0.481 e. The summed E-state index contributed by atoms with van der Waals surface area (Å²) in [6.45, 7) is 1.19. The summed E-state index contributed by atoms with van der Waals surface area (Å²) in [6, 6.07) is 3.84. The topological polar surface area (TPSA) is 66.8 Å². The predicted octanol–water partition coefficient (Wildman–Crippen LogP) is 2.23. The molecule has 0 bridgehead atoms. The highest BCUT2D eigenvalue weighted by Gasteiger charge is 2.24. The number of carbonyl (C=O) groups is 2. The lowest BCUT2D eigenvalue weighted by molar-refractivity contribution is -0.145. The van der Waals surface area contributed by atoms with Crippen LogP contribution in [0.25, 0.3) is 6.08 Å². The zero-order valence-electron chi connectivity index (χ0n) is 10.6. The summed E-state index contributed by atoms with van der Waals surface area (Å²) < 4.78 is 6.34. The summed E-state index contributed by atoms with van der Waals surface area (Å²) in [4.78, 5) is 25.3. The van der Waals surface area contributed by atoms with Crippen molar-refractivity contribution in [2.75, 3.05) is 19.7 Å². The van der Waals surface area contributed by atoms with Crippen molar-refractivity contribution in [3.63, 3.8) is 0 Å². The summed E-state index contributed by atoms with van der Waals surface area (Å²) in [5.74, 6) is -1.03. The standard InChI is InChI=1S/C13H14BrNO4S/c14-11-3-1-10(20-11)2-4-12(16)15-5-6-19-9(8-15)7-13(17)18/h1-4,9H,5-8H2,(H,17,18)/b4-2+/t9-/m1/s1. The molecule has 1 amide bonds. The van der Waals surface area contributed by atoms with Crippen LogP contribution in [0.5, 0.6) is 0 Å². The fourth-order valence-electron chi connectivity index (χ4n) is 1.91. The average Bonchev–Trinajstić information content (AvgIpc) is 2.81.